The maximum absolute atomic E-state index is 12.3. The Bertz CT molecular complexity index is 1160. The fourth-order valence-corrected chi connectivity index (χ4v) is 3.71. The molecule has 0 bridgehead atoms. The summed E-state index contributed by atoms with van der Waals surface area (Å²) in [6, 6.07) is 15.4. The number of nitrogens with zero attached hydrogens (tertiary/aromatic N) is 1. The number of benzene rings is 2. The first-order valence-corrected chi connectivity index (χ1v) is 11.1. The lowest BCUT2D eigenvalue weighted by Gasteiger charge is -2.17. The highest BCUT2D eigenvalue weighted by Crippen LogP contribution is 2.48. The van der Waals surface area contributed by atoms with E-state index in [1.54, 1.807) is 6.92 Å². The van der Waals surface area contributed by atoms with E-state index in [0.29, 0.717) is 30.0 Å². The van der Waals surface area contributed by atoms with E-state index in [1.807, 2.05) is 69.3 Å². The zero-order chi connectivity index (χ0) is 23.8. The predicted molar refractivity (Wildman–Crippen MR) is 125 cm³/mol. The molecule has 1 saturated carbocycles. The van der Waals surface area contributed by atoms with E-state index >= 15 is 0 Å². The van der Waals surface area contributed by atoms with Crippen molar-refractivity contribution < 1.29 is 24.0 Å². The normalized spacial score (nSPS) is 15.2. The first-order valence-electron chi connectivity index (χ1n) is 11.1. The standard InChI is InChI=1S/C26H28N2O5/c1-15(2)16(3)32-25(31)27-22-17(4)33-28-23(22)20-7-5-18(6-8-20)19-9-11-21(12-10-19)26(13-14-26)24(29)30/h5-12,15-16H,13-14H2,1-4H3,(H,27,31)(H,29,30)/t16-/m1/s1. The van der Waals surface area contributed by atoms with Crippen LogP contribution in [0.1, 0.15) is 44.9 Å². The number of carboxylic acids is 1. The van der Waals surface area contributed by atoms with Gasteiger partial charge in [-0.15, -0.1) is 0 Å². The number of carbonyl (C=O) groups excluding carboxylic acids is 1. The number of nitrogens with one attached hydrogen (secondary N) is 1. The van der Waals surface area contributed by atoms with Gasteiger partial charge in [0.2, 0.25) is 0 Å². The topological polar surface area (TPSA) is 102 Å². The minimum Gasteiger partial charge on any atom is -0.481 e. The number of aryl methyl sites for hydroxylation is 1. The Morgan fingerprint density at radius 1 is 1.00 bits per heavy atom. The van der Waals surface area contributed by atoms with Crippen LogP contribution in [0, 0.1) is 12.8 Å². The van der Waals surface area contributed by atoms with Crippen LogP contribution in [0.4, 0.5) is 10.5 Å². The van der Waals surface area contributed by atoms with Crippen molar-refractivity contribution in [1.29, 1.82) is 0 Å². The Balaban J connectivity index is 1.51. The molecule has 0 spiro atoms. The number of anilines is 1. The molecule has 0 unspecified atom stereocenters. The van der Waals surface area contributed by atoms with Gasteiger partial charge in [-0.1, -0.05) is 67.5 Å². The van der Waals surface area contributed by atoms with Crippen LogP contribution in [0.5, 0.6) is 0 Å². The van der Waals surface area contributed by atoms with E-state index in [2.05, 4.69) is 10.5 Å². The molecule has 7 nitrogen and oxygen atoms in total. The summed E-state index contributed by atoms with van der Waals surface area (Å²) >= 11 is 0. The van der Waals surface area contributed by atoms with Gasteiger partial charge >= 0.3 is 12.1 Å². The molecular formula is C26H28N2O5. The van der Waals surface area contributed by atoms with E-state index in [4.69, 9.17) is 9.26 Å². The highest BCUT2D eigenvalue weighted by atomic mass is 16.6. The molecular weight excluding hydrogens is 420 g/mol. The van der Waals surface area contributed by atoms with Gasteiger partial charge in [-0.25, -0.2) is 4.79 Å². The smallest absolute Gasteiger partial charge is 0.412 e. The molecule has 1 heterocycles. The van der Waals surface area contributed by atoms with Crippen molar-refractivity contribution in [2.75, 3.05) is 5.32 Å². The zero-order valence-corrected chi connectivity index (χ0v) is 19.2. The quantitative estimate of drug-likeness (QED) is 0.458. The third-order valence-electron chi connectivity index (χ3n) is 6.41. The van der Waals surface area contributed by atoms with Crippen LogP contribution < -0.4 is 5.32 Å². The molecule has 2 aromatic carbocycles. The Labute approximate surface area is 192 Å². The average Bonchev–Trinajstić information content (AvgIpc) is 3.54. The van der Waals surface area contributed by atoms with Crippen LogP contribution in [0.2, 0.25) is 0 Å². The maximum Gasteiger partial charge on any atom is 0.412 e. The van der Waals surface area contributed by atoms with Crippen molar-refractivity contribution in [1.82, 2.24) is 5.16 Å². The summed E-state index contributed by atoms with van der Waals surface area (Å²) in [4.78, 5) is 23.8. The van der Waals surface area contributed by atoms with Crippen LogP contribution in [0.3, 0.4) is 0 Å². The van der Waals surface area contributed by atoms with Gasteiger partial charge < -0.3 is 14.4 Å². The molecule has 0 saturated heterocycles. The van der Waals surface area contributed by atoms with Gasteiger partial charge in [0, 0.05) is 5.56 Å². The minimum atomic E-state index is -0.755. The van der Waals surface area contributed by atoms with Crippen molar-refractivity contribution in [3.05, 3.63) is 59.9 Å². The summed E-state index contributed by atoms with van der Waals surface area (Å²) in [5, 5.41) is 16.4. The van der Waals surface area contributed by atoms with E-state index in [0.717, 1.165) is 22.3 Å². The van der Waals surface area contributed by atoms with Crippen LogP contribution in [-0.4, -0.2) is 28.4 Å². The minimum absolute atomic E-state index is 0.208. The Kier molecular flexibility index (Phi) is 5.97. The molecule has 33 heavy (non-hydrogen) atoms. The Hall–Kier alpha value is -3.61. The van der Waals surface area contributed by atoms with Crippen LogP contribution in [0.15, 0.2) is 53.1 Å². The third kappa shape index (κ3) is 4.49. The van der Waals surface area contributed by atoms with E-state index in [-0.39, 0.29) is 12.0 Å². The van der Waals surface area contributed by atoms with Crippen molar-refractivity contribution >= 4 is 17.7 Å². The highest BCUT2D eigenvalue weighted by molar-refractivity contribution is 5.91. The second-order valence-corrected chi connectivity index (χ2v) is 8.98. The van der Waals surface area contributed by atoms with Crippen LogP contribution in [0.25, 0.3) is 22.4 Å². The number of amides is 1. The Morgan fingerprint density at radius 3 is 2.06 bits per heavy atom. The van der Waals surface area contributed by atoms with Crippen molar-refractivity contribution in [3.8, 4) is 22.4 Å². The first kappa shape index (κ1) is 22.6. The fraction of sp³-hybridized carbons (Fsp3) is 0.346. The summed E-state index contributed by atoms with van der Waals surface area (Å²) in [6.45, 7) is 7.55. The van der Waals surface area contributed by atoms with Gasteiger partial charge in [0.25, 0.3) is 0 Å². The summed E-state index contributed by atoms with van der Waals surface area (Å²) in [7, 11) is 0. The molecule has 1 aliphatic carbocycles. The average molecular weight is 449 g/mol. The Morgan fingerprint density at radius 2 is 1.55 bits per heavy atom. The number of rotatable bonds is 7. The molecule has 2 N–H and O–H groups in total. The third-order valence-corrected chi connectivity index (χ3v) is 6.41. The molecule has 7 heteroatoms. The highest BCUT2D eigenvalue weighted by Gasteiger charge is 2.51. The number of hydrogen-bond acceptors (Lipinski definition) is 5. The zero-order valence-electron chi connectivity index (χ0n) is 19.2. The van der Waals surface area contributed by atoms with E-state index < -0.39 is 17.5 Å². The molecule has 0 aliphatic heterocycles. The number of ether oxygens (including phenoxy) is 1. The van der Waals surface area contributed by atoms with Gasteiger partial charge in [0.15, 0.2) is 5.76 Å². The maximum atomic E-state index is 12.3. The lowest BCUT2D eigenvalue weighted by atomic mass is 9.93. The fourth-order valence-electron chi connectivity index (χ4n) is 3.71. The van der Waals surface area contributed by atoms with E-state index in [9.17, 15) is 14.7 Å². The molecule has 1 aliphatic rings. The van der Waals surface area contributed by atoms with Crippen molar-refractivity contribution in [2.24, 2.45) is 5.92 Å². The summed E-state index contributed by atoms with van der Waals surface area (Å²) in [6.07, 6.45) is 0.613. The second kappa shape index (κ2) is 8.73. The monoisotopic (exact) mass is 448 g/mol. The van der Waals surface area contributed by atoms with Crippen molar-refractivity contribution in [2.45, 2.75) is 52.1 Å². The van der Waals surface area contributed by atoms with Gasteiger partial charge in [-0.05, 0) is 49.3 Å². The number of aromatic nitrogens is 1. The first-order chi connectivity index (χ1) is 15.7. The van der Waals surface area contributed by atoms with Crippen molar-refractivity contribution in [3.63, 3.8) is 0 Å². The second-order valence-electron chi connectivity index (χ2n) is 8.98. The largest absolute Gasteiger partial charge is 0.481 e. The molecule has 1 aromatic heterocycles. The molecule has 0 radical (unpaired) electrons. The molecule has 4 rings (SSSR count). The predicted octanol–water partition coefficient (Wildman–Crippen LogP) is 6.03. The number of carbonyl (C=O) groups is 2. The lowest BCUT2D eigenvalue weighted by Crippen LogP contribution is -2.24. The van der Waals surface area contributed by atoms with Crippen LogP contribution >= 0.6 is 0 Å². The molecule has 3 aromatic rings. The van der Waals surface area contributed by atoms with Gasteiger partial charge in [0.05, 0.1) is 5.41 Å². The summed E-state index contributed by atoms with van der Waals surface area (Å²) in [5.74, 6) is -0.0555. The van der Waals surface area contributed by atoms with Gasteiger partial charge in [-0.2, -0.15) is 0 Å². The summed E-state index contributed by atoms with van der Waals surface area (Å²) < 4.78 is 10.7. The number of aliphatic carboxylic acids is 1. The molecule has 1 amide bonds. The summed E-state index contributed by atoms with van der Waals surface area (Å²) in [5.41, 5.74) is 3.94. The van der Waals surface area contributed by atoms with E-state index in [1.165, 1.54) is 0 Å². The number of hydrogen-bond donors (Lipinski definition) is 2. The van der Waals surface area contributed by atoms with Gasteiger partial charge in [-0.3, -0.25) is 10.1 Å². The molecule has 1 fully saturated rings. The van der Waals surface area contributed by atoms with Gasteiger partial charge in [0.1, 0.15) is 17.5 Å². The lowest BCUT2D eigenvalue weighted by molar-refractivity contribution is -0.140. The number of carboxylic acid groups (broad SMARTS) is 1. The molecule has 172 valence electrons. The van der Waals surface area contributed by atoms with Crippen LogP contribution in [-0.2, 0) is 14.9 Å². The molecule has 1 atom stereocenters. The SMILES string of the molecule is Cc1onc(-c2ccc(-c3ccc(C4(C(=O)O)CC4)cc3)cc2)c1NC(=O)O[C@H](C)C(C)C.